The number of hydrogen-bond acceptors (Lipinski definition) is 7. The number of nitriles is 1. The second-order valence-corrected chi connectivity index (χ2v) is 6.96. The number of nitrogens with zero attached hydrogens (tertiary/aromatic N) is 3. The SMILES string of the molecule is CC(=NOC(C)(C)C)Oc1cccnc1C(=O)c1cc(C#N)c(Cl)cc1O. The fourth-order valence-corrected chi connectivity index (χ4v) is 2.18. The number of pyridine rings is 1. The number of carbonyl (C=O) groups is 1. The standard InChI is InChI=1S/C19H18ClN3O4/c1-11(23-27-19(2,3)4)26-16-6-5-7-22-17(16)18(25)13-8-12(10-21)14(20)9-15(13)24/h5-9,24H,1-4H3. The van der Waals surface area contributed by atoms with Crippen molar-refractivity contribution in [1.82, 2.24) is 4.98 Å². The monoisotopic (exact) mass is 387 g/mol. The molecular weight excluding hydrogens is 370 g/mol. The van der Waals surface area contributed by atoms with Crippen molar-refractivity contribution in [1.29, 1.82) is 5.26 Å². The Kier molecular flexibility index (Phi) is 6.03. The molecule has 0 unspecified atom stereocenters. The van der Waals surface area contributed by atoms with E-state index in [2.05, 4.69) is 10.1 Å². The van der Waals surface area contributed by atoms with Crippen molar-refractivity contribution in [3.05, 3.63) is 52.3 Å². The van der Waals surface area contributed by atoms with E-state index in [1.807, 2.05) is 26.8 Å². The van der Waals surface area contributed by atoms with Gasteiger partial charge in [0.05, 0.1) is 16.1 Å². The van der Waals surface area contributed by atoms with Gasteiger partial charge in [-0.05, 0) is 39.0 Å². The molecule has 0 aliphatic carbocycles. The smallest absolute Gasteiger partial charge is 0.228 e. The van der Waals surface area contributed by atoms with E-state index >= 15 is 0 Å². The van der Waals surface area contributed by atoms with Gasteiger partial charge < -0.3 is 14.7 Å². The molecule has 0 saturated heterocycles. The number of phenols is 1. The molecule has 7 nitrogen and oxygen atoms in total. The normalized spacial score (nSPS) is 11.6. The lowest BCUT2D eigenvalue weighted by Gasteiger charge is -2.16. The number of rotatable bonds is 4. The Morgan fingerprint density at radius 1 is 1.37 bits per heavy atom. The van der Waals surface area contributed by atoms with Crippen LogP contribution in [0.15, 0.2) is 35.6 Å². The fraction of sp³-hybridized carbons (Fsp3) is 0.263. The zero-order valence-electron chi connectivity index (χ0n) is 15.3. The Balaban J connectivity index is 2.38. The van der Waals surface area contributed by atoms with Crippen molar-refractivity contribution >= 4 is 23.3 Å². The lowest BCUT2D eigenvalue weighted by Crippen LogP contribution is -2.18. The van der Waals surface area contributed by atoms with Crippen LogP contribution in [0.3, 0.4) is 0 Å². The number of ketones is 1. The summed E-state index contributed by atoms with van der Waals surface area (Å²) in [4.78, 5) is 22.2. The minimum Gasteiger partial charge on any atom is -0.507 e. The van der Waals surface area contributed by atoms with Crippen LogP contribution in [0.5, 0.6) is 11.5 Å². The van der Waals surface area contributed by atoms with E-state index in [1.54, 1.807) is 13.0 Å². The van der Waals surface area contributed by atoms with E-state index in [1.165, 1.54) is 18.3 Å². The van der Waals surface area contributed by atoms with Gasteiger partial charge in [0.2, 0.25) is 11.7 Å². The van der Waals surface area contributed by atoms with Crippen LogP contribution in [-0.2, 0) is 4.84 Å². The molecule has 0 bridgehead atoms. The minimum atomic E-state index is -0.624. The van der Waals surface area contributed by atoms with E-state index in [-0.39, 0.29) is 39.2 Å². The molecule has 0 amide bonds. The van der Waals surface area contributed by atoms with E-state index in [0.29, 0.717) is 0 Å². The molecule has 0 fully saturated rings. The maximum atomic E-state index is 12.8. The third-order valence-electron chi connectivity index (χ3n) is 3.14. The summed E-state index contributed by atoms with van der Waals surface area (Å²) in [5.74, 6) is -0.679. The summed E-state index contributed by atoms with van der Waals surface area (Å²) in [6.07, 6.45) is 1.41. The molecule has 2 rings (SSSR count). The summed E-state index contributed by atoms with van der Waals surface area (Å²) in [6.45, 7) is 7.07. The van der Waals surface area contributed by atoms with Gasteiger partial charge in [-0.15, -0.1) is 0 Å². The van der Waals surface area contributed by atoms with Crippen LogP contribution in [0, 0.1) is 11.3 Å². The van der Waals surface area contributed by atoms with Crippen molar-refractivity contribution in [2.24, 2.45) is 5.16 Å². The fourth-order valence-electron chi connectivity index (χ4n) is 1.98. The zero-order valence-corrected chi connectivity index (χ0v) is 16.0. The highest BCUT2D eigenvalue weighted by atomic mass is 35.5. The van der Waals surface area contributed by atoms with Crippen LogP contribution in [0.4, 0.5) is 0 Å². The highest BCUT2D eigenvalue weighted by Gasteiger charge is 2.22. The first-order valence-corrected chi connectivity index (χ1v) is 8.33. The summed E-state index contributed by atoms with van der Waals surface area (Å²) >= 11 is 5.86. The highest BCUT2D eigenvalue weighted by Crippen LogP contribution is 2.29. The quantitative estimate of drug-likeness (QED) is 0.367. The molecule has 1 aromatic carbocycles. The van der Waals surface area contributed by atoms with Gasteiger partial charge in [0.15, 0.2) is 11.4 Å². The first-order valence-electron chi connectivity index (χ1n) is 7.95. The molecule has 0 spiro atoms. The van der Waals surface area contributed by atoms with Gasteiger partial charge >= 0.3 is 0 Å². The van der Waals surface area contributed by atoms with Gasteiger partial charge in [0.1, 0.15) is 17.4 Å². The van der Waals surface area contributed by atoms with Crippen molar-refractivity contribution < 1.29 is 19.5 Å². The summed E-state index contributed by atoms with van der Waals surface area (Å²) in [6, 6.07) is 7.34. The number of hydrogen-bond donors (Lipinski definition) is 1. The Bertz CT molecular complexity index is 943. The predicted molar refractivity (Wildman–Crippen MR) is 100 cm³/mol. The van der Waals surface area contributed by atoms with Crippen LogP contribution < -0.4 is 4.74 Å². The van der Waals surface area contributed by atoms with E-state index in [4.69, 9.17) is 26.4 Å². The average molecular weight is 388 g/mol. The third-order valence-corrected chi connectivity index (χ3v) is 3.45. The van der Waals surface area contributed by atoms with Gasteiger partial charge in [-0.1, -0.05) is 16.8 Å². The molecule has 8 heteroatoms. The van der Waals surface area contributed by atoms with Crippen molar-refractivity contribution in [2.75, 3.05) is 0 Å². The average Bonchev–Trinajstić information content (AvgIpc) is 2.59. The van der Waals surface area contributed by atoms with Gasteiger partial charge in [-0.25, -0.2) is 4.98 Å². The molecule has 140 valence electrons. The van der Waals surface area contributed by atoms with Crippen molar-refractivity contribution in [3.8, 4) is 17.6 Å². The molecule has 0 radical (unpaired) electrons. The maximum Gasteiger partial charge on any atom is 0.228 e. The number of oxime groups is 1. The Morgan fingerprint density at radius 2 is 2.07 bits per heavy atom. The van der Waals surface area contributed by atoms with Crippen molar-refractivity contribution in [2.45, 2.75) is 33.3 Å². The number of aromatic nitrogens is 1. The van der Waals surface area contributed by atoms with Gasteiger partial charge in [-0.3, -0.25) is 4.79 Å². The highest BCUT2D eigenvalue weighted by molar-refractivity contribution is 6.32. The molecule has 0 saturated carbocycles. The van der Waals surface area contributed by atoms with E-state index in [0.717, 1.165) is 6.07 Å². The number of ether oxygens (including phenoxy) is 1. The molecule has 0 atom stereocenters. The summed E-state index contributed by atoms with van der Waals surface area (Å²) in [7, 11) is 0. The van der Waals surface area contributed by atoms with E-state index in [9.17, 15) is 9.90 Å². The van der Waals surface area contributed by atoms with Crippen LogP contribution in [0.2, 0.25) is 5.02 Å². The Labute approximate surface area is 161 Å². The number of benzene rings is 1. The Morgan fingerprint density at radius 3 is 2.70 bits per heavy atom. The molecule has 1 N–H and O–H groups in total. The number of aromatic hydroxyl groups is 1. The van der Waals surface area contributed by atoms with E-state index < -0.39 is 11.4 Å². The second kappa shape index (κ2) is 8.06. The van der Waals surface area contributed by atoms with Crippen LogP contribution in [0.1, 0.15) is 49.3 Å². The minimum absolute atomic E-state index is 0.0475. The van der Waals surface area contributed by atoms with Crippen LogP contribution in [0.25, 0.3) is 0 Å². The number of carbonyl (C=O) groups excluding carboxylic acids is 1. The number of phenolic OH excluding ortho intramolecular Hbond substituents is 1. The van der Waals surface area contributed by atoms with Crippen molar-refractivity contribution in [3.63, 3.8) is 0 Å². The first-order chi connectivity index (χ1) is 12.6. The maximum absolute atomic E-state index is 12.8. The largest absolute Gasteiger partial charge is 0.507 e. The second-order valence-electron chi connectivity index (χ2n) is 6.56. The molecule has 2 aromatic rings. The van der Waals surface area contributed by atoms with Gasteiger partial charge in [0.25, 0.3) is 0 Å². The molecule has 1 aromatic heterocycles. The molecule has 1 heterocycles. The van der Waals surface area contributed by atoms with Crippen LogP contribution in [-0.4, -0.2) is 27.4 Å². The zero-order chi connectivity index (χ0) is 20.2. The van der Waals surface area contributed by atoms with Crippen LogP contribution >= 0.6 is 11.6 Å². The predicted octanol–water partition coefficient (Wildman–Crippen LogP) is 4.07. The first kappa shape index (κ1) is 20.2. The summed E-state index contributed by atoms with van der Waals surface area (Å²) in [5.41, 5.74) is -0.599. The lowest BCUT2D eigenvalue weighted by molar-refractivity contribution is -0.00187. The Hall–Kier alpha value is -3.11. The molecule has 0 aliphatic rings. The third kappa shape index (κ3) is 5.19. The molecule has 27 heavy (non-hydrogen) atoms. The number of halogens is 1. The summed E-state index contributed by atoms with van der Waals surface area (Å²) in [5, 5.41) is 23.1. The molecule has 0 aliphatic heterocycles. The summed E-state index contributed by atoms with van der Waals surface area (Å²) < 4.78 is 5.57. The topological polar surface area (TPSA) is 105 Å². The van der Waals surface area contributed by atoms with Gasteiger partial charge in [-0.2, -0.15) is 5.26 Å². The lowest BCUT2D eigenvalue weighted by atomic mass is 10.0. The van der Waals surface area contributed by atoms with Gasteiger partial charge in [0, 0.05) is 19.2 Å². The molecular formula is C19H18ClN3O4.